The molecule has 0 radical (unpaired) electrons. The number of carbonyl (C=O) groups is 4. The second-order valence-electron chi connectivity index (χ2n) is 34.0. The number of hydrogen-bond donors (Lipinski definition) is 4. The van der Waals surface area contributed by atoms with Crippen molar-refractivity contribution in [3.63, 3.8) is 0 Å². The predicted octanol–water partition coefficient (Wildman–Crippen LogP) is 26.8. The van der Waals surface area contributed by atoms with Crippen LogP contribution in [0.3, 0.4) is 0 Å². The van der Waals surface area contributed by atoms with Crippen LogP contribution in [0, 0.1) is 48.5 Å². The SMILES string of the molecule is CC1=C(c2cc(C(=O)O)c3cc(OC(F)F)cc(C)c3n2)c2ccccc2C1.Cc1c(-c2cc(C(=O)O)c3c(OCc4ccc(S(=O)(=O)C(F)(F)F)cc4)ccc(C)c3n2)oc2ccccc12.Cc1c(-c2cc(C(=O)O)c3c(OCc4ccc(S(=O)(=O)C(F)(F)F)cc4)ccc(C)c3n2)sc2ccccc12.Cc1c(-c2cc(C(=O)O)c3c(O[C@@H](C)c4ccc(S(=O)(=O)C(F)(F)F)cc4)ccc(C)c3n2)oc2ccccc12. The van der Waals surface area contributed by atoms with Gasteiger partial charge >= 0.3 is 47.0 Å². The number of hydrogen-bond acceptors (Lipinski definition) is 21. The Kier molecular flexibility index (Phi) is 28.2. The highest BCUT2D eigenvalue weighted by atomic mass is 32.2. The highest BCUT2D eigenvalue weighted by molar-refractivity contribution is 7.93. The minimum atomic E-state index is -5.49. The molecule has 1 aliphatic rings. The van der Waals surface area contributed by atoms with Crippen LogP contribution in [0.15, 0.2) is 272 Å². The molecule has 0 unspecified atom stereocenters. The molecule has 0 spiro atoms. The van der Waals surface area contributed by atoms with Gasteiger partial charge in [0.25, 0.3) is 29.5 Å². The van der Waals surface area contributed by atoms with E-state index in [1.807, 2.05) is 132 Å². The first-order valence-corrected chi connectivity index (χ1v) is 49.2. The molecule has 748 valence electrons. The Balaban J connectivity index is 0.000000140. The monoisotopic (exact) mass is 2080 g/mol. The van der Waals surface area contributed by atoms with Crippen molar-refractivity contribution in [2.45, 2.75) is 126 Å². The number of sulfone groups is 3. The Hall–Kier alpha value is -16.0. The number of thiophene rings is 1. The predicted molar refractivity (Wildman–Crippen MR) is 524 cm³/mol. The summed E-state index contributed by atoms with van der Waals surface area (Å²) in [7, 11) is -16.4. The average molecular weight is 2080 g/mol. The number of allylic oxidation sites excluding steroid dienone is 1. The Morgan fingerprint density at radius 2 is 0.781 bits per heavy atom. The van der Waals surface area contributed by atoms with Crippen LogP contribution in [-0.4, -0.2) is 113 Å². The number of furan rings is 2. The lowest BCUT2D eigenvalue weighted by Gasteiger charge is -2.19. The second-order valence-corrected chi connectivity index (χ2v) is 40.8. The second kappa shape index (κ2) is 40.0. The van der Waals surface area contributed by atoms with E-state index in [0.717, 1.165) is 108 Å². The summed E-state index contributed by atoms with van der Waals surface area (Å²) in [4.78, 5) is 66.3. The number of ether oxygens (including phenoxy) is 4. The molecule has 0 aliphatic heterocycles. The van der Waals surface area contributed by atoms with Crippen LogP contribution in [0.25, 0.3) is 115 Å². The molecule has 4 N–H and O–H groups in total. The van der Waals surface area contributed by atoms with E-state index in [4.69, 9.17) is 43.0 Å². The lowest BCUT2D eigenvalue weighted by molar-refractivity contribution is -0.0499. The molecule has 11 aromatic carbocycles. The first kappa shape index (κ1) is 103. The van der Waals surface area contributed by atoms with Gasteiger partial charge in [0, 0.05) is 37.6 Å². The minimum Gasteiger partial charge on any atom is -0.488 e. The number of alkyl halides is 11. The molecular formula is C107H79F11N4O20S4. The molecule has 39 heteroatoms. The van der Waals surface area contributed by atoms with Gasteiger partial charge < -0.3 is 48.2 Å². The van der Waals surface area contributed by atoms with Crippen molar-refractivity contribution in [2.24, 2.45) is 0 Å². The van der Waals surface area contributed by atoms with Gasteiger partial charge in [-0.05, 0) is 239 Å². The van der Waals surface area contributed by atoms with Crippen LogP contribution >= 0.6 is 11.3 Å². The van der Waals surface area contributed by atoms with Crippen LogP contribution in [0.5, 0.6) is 23.0 Å². The van der Waals surface area contributed by atoms with Gasteiger partial charge in [-0.15, -0.1) is 11.3 Å². The standard InChI is InChI=1S/C29H22F3NO6S.C28H20F3NO6S.C28H20F3NO5S2.C22H17F2NO3/c1-15-8-13-24(38-17(3)18-9-11-19(12-10-18)40(36,37)29(30,31)32)25-21(28(34)35)14-22(33-26(15)25)27-16(2)20-6-4-5-7-23(20)39-27;1-15-7-12-23(37-14-17-8-10-18(11-9-17)39(35,36)28(29,30)31)24-20(27(33)34)13-21(32-25(15)24)26-16(2)19-5-3-4-6-22(19)38-26;1-15-7-12-22(37-14-17-8-10-18(11-9-17)39(35,36)28(29,30)31)24-20(27(33)34)13-21(32-25(15)24)26-16(2)19-5-3-4-6-23(19)38-26;1-11-7-13-5-3-4-6-15(13)19(11)18-10-17(21(26)27)16-9-14(28-22(23)24)8-12(2)20(16)25-18/h4-14,17H,1-3H3,(H,34,35);2*3-13H,14H2,1-2H3,(H,33,34);3-6,8-10,22H,7H2,1-2H3,(H,26,27)/t17-;;;/m0.../s1. The molecule has 24 nitrogen and oxygen atoms in total. The van der Waals surface area contributed by atoms with Gasteiger partial charge in [-0.2, -0.15) is 48.3 Å². The molecule has 1 atom stereocenters. The fourth-order valence-corrected chi connectivity index (χ4v) is 20.5. The number of benzene rings is 11. The lowest BCUT2D eigenvalue weighted by Crippen LogP contribution is -2.23. The van der Waals surface area contributed by atoms with Crippen LogP contribution in [-0.2, 0) is 49.1 Å². The largest absolute Gasteiger partial charge is 0.501 e. The van der Waals surface area contributed by atoms with Crippen molar-refractivity contribution < 1.29 is 141 Å². The summed E-state index contributed by atoms with van der Waals surface area (Å²) >= 11 is 1.53. The van der Waals surface area contributed by atoms with Crippen molar-refractivity contribution in [1.29, 1.82) is 0 Å². The van der Waals surface area contributed by atoms with E-state index in [-0.39, 0.29) is 74.6 Å². The van der Waals surface area contributed by atoms with Crippen molar-refractivity contribution in [3.8, 4) is 56.5 Å². The van der Waals surface area contributed by atoms with E-state index in [2.05, 4.69) is 4.74 Å². The molecule has 7 aromatic heterocycles. The van der Waals surface area contributed by atoms with Crippen LogP contribution < -0.4 is 18.9 Å². The van der Waals surface area contributed by atoms with Crippen molar-refractivity contribution in [2.75, 3.05) is 0 Å². The molecule has 0 amide bonds. The minimum absolute atomic E-state index is 0.00262. The van der Waals surface area contributed by atoms with Gasteiger partial charge in [0.1, 0.15) is 64.9 Å². The summed E-state index contributed by atoms with van der Waals surface area (Å²) in [5.74, 6) is -3.32. The van der Waals surface area contributed by atoms with E-state index in [0.29, 0.717) is 106 Å². The third-order valence-electron chi connectivity index (χ3n) is 24.4. The fraction of sp³-hybridized carbons (Fsp3) is 0.159. The third-order valence-corrected chi connectivity index (χ3v) is 30.2. The van der Waals surface area contributed by atoms with Gasteiger partial charge in [-0.3, -0.25) is 0 Å². The van der Waals surface area contributed by atoms with Crippen molar-refractivity contribution in [3.05, 3.63) is 343 Å². The van der Waals surface area contributed by atoms with Gasteiger partial charge in [0.15, 0.2) is 11.5 Å². The zero-order valence-electron chi connectivity index (χ0n) is 77.8. The van der Waals surface area contributed by atoms with E-state index in [1.165, 1.54) is 89.7 Å². The quantitative estimate of drug-likeness (QED) is 0.0458. The van der Waals surface area contributed by atoms with Crippen LogP contribution in [0.1, 0.15) is 134 Å². The Bertz CT molecular complexity index is 8500. The molecule has 0 fully saturated rings. The summed E-state index contributed by atoms with van der Waals surface area (Å²) in [6.45, 7) is 13.1. The Morgan fingerprint density at radius 3 is 1.21 bits per heavy atom. The van der Waals surface area contributed by atoms with E-state index >= 15 is 0 Å². The first-order chi connectivity index (χ1) is 68.9. The van der Waals surface area contributed by atoms with Gasteiger partial charge in [-0.25, -0.2) is 64.4 Å². The number of aryl methyl sites for hydroxylation is 7. The number of para-hydroxylation sites is 2. The highest BCUT2D eigenvalue weighted by Crippen LogP contribution is 2.47. The van der Waals surface area contributed by atoms with Gasteiger partial charge in [-0.1, -0.05) is 139 Å². The number of aromatic carboxylic acids is 4. The highest BCUT2D eigenvalue weighted by Gasteiger charge is 2.49. The number of rotatable bonds is 22. The summed E-state index contributed by atoms with van der Waals surface area (Å²) in [6.07, 6.45) is 0.0146. The Morgan fingerprint density at radius 1 is 0.397 bits per heavy atom. The van der Waals surface area contributed by atoms with Crippen LogP contribution in [0.4, 0.5) is 48.3 Å². The average Bonchev–Trinajstić information content (AvgIpc) is 1.41. The molecule has 7 heterocycles. The maximum atomic E-state index is 12.9. The summed E-state index contributed by atoms with van der Waals surface area (Å²) in [5.41, 5.74) is -0.905. The smallest absolute Gasteiger partial charge is 0.488 e. The summed E-state index contributed by atoms with van der Waals surface area (Å²) < 4.78 is 246. The first-order valence-electron chi connectivity index (χ1n) is 44.0. The molecular weight excluding hydrogens is 2000 g/mol. The summed E-state index contributed by atoms with van der Waals surface area (Å²) in [5, 5.41) is 44.0. The topological polar surface area (TPSA) is 366 Å². The number of carboxylic acids is 4. The fourth-order valence-electron chi connectivity index (χ4n) is 17.0. The molecule has 0 saturated heterocycles. The zero-order valence-corrected chi connectivity index (χ0v) is 81.0. The van der Waals surface area contributed by atoms with Crippen molar-refractivity contribution >= 4 is 146 Å². The lowest BCUT2D eigenvalue weighted by atomic mass is 9.97. The number of aromatic nitrogens is 4. The van der Waals surface area contributed by atoms with Crippen molar-refractivity contribution in [1.82, 2.24) is 19.9 Å². The number of nitrogens with zero attached hydrogens (tertiary/aromatic N) is 4. The molecule has 19 rings (SSSR count). The van der Waals surface area contributed by atoms with Gasteiger partial charge in [0.2, 0.25) is 0 Å². The Labute approximate surface area is 827 Å². The molecule has 0 bridgehead atoms. The number of fused-ring (bicyclic) bond motifs is 8. The summed E-state index contributed by atoms with van der Waals surface area (Å²) in [6, 6.07) is 61.7. The zero-order chi connectivity index (χ0) is 105. The maximum absolute atomic E-state index is 12.9. The molecule has 18 aromatic rings. The van der Waals surface area contributed by atoms with Crippen LogP contribution in [0.2, 0.25) is 0 Å². The maximum Gasteiger partial charge on any atom is 0.501 e. The van der Waals surface area contributed by atoms with E-state index in [9.17, 15) is 113 Å². The van der Waals surface area contributed by atoms with Gasteiger partial charge in [0.05, 0.1) is 91.4 Å². The third kappa shape index (κ3) is 20.2. The number of carboxylic acid groups (broad SMARTS) is 4. The molecule has 1 aliphatic carbocycles. The van der Waals surface area contributed by atoms with E-state index in [1.54, 1.807) is 64.1 Å². The van der Waals surface area contributed by atoms with E-state index < -0.39 is 97.3 Å². The normalized spacial score (nSPS) is 12.7. The number of pyridine rings is 4. The molecule has 0 saturated carbocycles. The number of halogens is 11. The molecule has 146 heavy (non-hydrogen) atoms.